The normalized spacial score (nSPS) is 10.0. The molecule has 2 N–H and O–H groups in total. The van der Waals surface area contributed by atoms with E-state index in [2.05, 4.69) is 15.5 Å². The summed E-state index contributed by atoms with van der Waals surface area (Å²) in [5.41, 5.74) is 0.669. The molecule has 2 aromatic heterocycles. The van der Waals surface area contributed by atoms with Crippen molar-refractivity contribution in [3.8, 4) is 0 Å². The molecule has 0 aromatic carbocycles. The highest BCUT2D eigenvalue weighted by molar-refractivity contribution is 7.08. The van der Waals surface area contributed by atoms with E-state index in [-0.39, 0.29) is 11.5 Å². The molecule has 0 radical (unpaired) electrons. The Balaban J connectivity index is 1.97. The van der Waals surface area contributed by atoms with Crippen molar-refractivity contribution in [2.45, 2.75) is 6.42 Å². The van der Waals surface area contributed by atoms with Gasteiger partial charge in [-0.05, 0) is 28.5 Å². The number of amides is 1. The fourth-order valence-electron chi connectivity index (χ4n) is 1.18. The van der Waals surface area contributed by atoms with Crippen molar-refractivity contribution in [1.82, 2.24) is 10.2 Å². The molecule has 82 valence electrons. The molecule has 0 aliphatic rings. The number of carbonyl (C=O) groups excluding carboxylic acids is 1. The number of thiophene rings is 1. The Morgan fingerprint density at radius 2 is 2.31 bits per heavy atom. The summed E-state index contributed by atoms with van der Waals surface area (Å²) in [6, 6.07) is 4.67. The first-order chi connectivity index (χ1) is 7.74. The number of hydrogen-bond donors (Lipinski definition) is 2. The molecule has 16 heavy (non-hydrogen) atoms. The minimum absolute atomic E-state index is 0.155. The van der Waals surface area contributed by atoms with Crippen molar-refractivity contribution < 1.29 is 4.79 Å². The minimum atomic E-state index is -0.296. The lowest BCUT2D eigenvalue weighted by Crippen LogP contribution is -2.17. The van der Waals surface area contributed by atoms with Crippen molar-refractivity contribution in [2.75, 3.05) is 5.32 Å². The summed E-state index contributed by atoms with van der Waals surface area (Å²) >= 11 is 1.55. The zero-order valence-electron chi connectivity index (χ0n) is 8.27. The van der Waals surface area contributed by atoms with Gasteiger partial charge in [-0.25, -0.2) is 5.10 Å². The first kappa shape index (κ1) is 10.6. The molecule has 1 amide bonds. The van der Waals surface area contributed by atoms with Gasteiger partial charge in [-0.1, -0.05) is 0 Å². The summed E-state index contributed by atoms with van der Waals surface area (Å²) < 4.78 is 0. The smallest absolute Gasteiger partial charge is 0.264 e. The summed E-state index contributed by atoms with van der Waals surface area (Å²) in [6.07, 6.45) is 0.310. The lowest BCUT2D eigenvalue weighted by atomic mass is 10.2. The topological polar surface area (TPSA) is 74.8 Å². The Labute approximate surface area is 95.1 Å². The molecule has 0 saturated carbocycles. The van der Waals surface area contributed by atoms with Crippen LogP contribution in [0.2, 0.25) is 0 Å². The summed E-state index contributed by atoms with van der Waals surface area (Å²) in [6.45, 7) is 0. The second-order valence-electron chi connectivity index (χ2n) is 3.16. The highest BCUT2D eigenvalue weighted by Gasteiger charge is 2.04. The molecule has 0 spiro atoms. The van der Waals surface area contributed by atoms with Gasteiger partial charge in [-0.15, -0.1) is 0 Å². The van der Waals surface area contributed by atoms with Gasteiger partial charge in [0, 0.05) is 6.07 Å². The molecule has 2 rings (SSSR count). The maximum Gasteiger partial charge on any atom is 0.264 e. The number of nitrogens with one attached hydrogen (secondary N) is 2. The van der Waals surface area contributed by atoms with Gasteiger partial charge in [0.2, 0.25) is 5.91 Å². The van der Waals surface area contributed by atoms with Crippen LogP contribution in [0.25, 0.3) is 0 Å². The molecule has 0 atom stereocenters. The van der Waals surface area contributed by atoms with Crippen LogP contribution in [0.4, 0.5) is 5.82 Å². The maximum absolute atomic E-state index is 11.5. The second-order valence-corrected chi connectivity index (χ2v) is 3.94. The maximum atomic E-state index is 11.5. The highest BCUT2D eigenvalue weighted by atomic mass is 32.1. The zero-order chi connectivity index (χ0) is 11.4. The summed E-state index contributed by atoms with van der Waals surface area (Å²) in [4.78, 5) is 22.3. The molecule has 0 saturated heterocycles. The van der Waals surface area contributed by atoms with Crippen LogP contribution in [0.5, 0.6) is 0 Å². The van der Waals surface area contributed by atoms with Crippen LogP contribution in [0, 0.1) is 0 Å². The molecule has 0 unspecified atom stereocenters. The molecule has 6 heteroatoms. The Bertz CT molecular complexity index is 513. The van der Waals surface area contributed by atoms with Crippen molar-refractivity contribution >= 4 is 23.1 Å². The fourth-order valence-corrected chi connectivity index (χ4v) is 1.85. The second kappa shape index (κ2) is 4.71. The molecule has 5 nitrogen and oxygen atoms in total. The SMILES string of the molecule is O=C(Cc1ccsc1)Nc1ccc(=O)[nH]n1. The monoisotopic (exact) mass is 235 g/mol. The number of nitrogens with zero attached hydrogens (tertiary/aromatic N) is 1. The number of anilines is 1. The summed E-state index contributed by atoms with van der Waals surface area (Å²) in [7, 11) is 0. The van der Waals surface area contributed by atoms with Crippen LogP contribution in [-0.4, -0.2) is 16.1 Å². The molecule has 0 aliphatic carbocycles. The van der Waals surface area contributed by atoms with Crippen molar-refractivity contribution in [2.24, 2.45) is 0 Å². The van der Waals surface area contributed by atoms with Gasteiger partial charge >= 0.3 is 0 Å². The van der Waals surface area contributed by atoms with Crippen LogP contribution < -0.4 is 10.9 Å². The third kappa shape index (κ3) is 2.77. The van der Waals surface area contributed by atoms with Crippen molar-refractivity contribution in [3.05, 3.63) is 44.9 Å². The van der Waals surface area contributed by atoms with E-state index in [1.807, 2.05) is 16.8 Å². The van der Waals surface area contributed by atoms with E-state index in [1.165, 1.54) is 12.1 Å². The van der Waals surface area contributed by atoms with Crippen LogP contribution in [-0.2, 0) is 11.2 Å². The van der Waals surface area contributed by atoms with Gasteiger partial charge in [-0.3, -0.25) is 9.59 Å². The number of hydrogen-bond acceptors (Lipinski definition) is 4. The Kier molecular flexibility index (Phi) is 3.11. The van der Waals surface area contributed by atoms with E-state index >= 15 is 0 Å². The predicted molar refractivity (Wildman–Crippen MR) is 61.5 cm³/mol. The number of aromatic amines is 1. The Morgan fingerprint density at radius 3 is 2.94 bits per heavy atom. The summed E-state index contributed by atoms with van der Waals surface area (Å²) in [5, 5.41) is 12.4. The number of H-pyrrole nitrogens is 1. The van der Waals surface area contributed by atoms with Crippen molar-refractivity contribution in [1.29, 1.82) is 0 Å². The summed E-state index contributed by atoms with van der Waals surface area (Å²) in [5.74, 6) is 0.192. The third-order valence-electron chi connectivity index (χ3n) is 1.89. The quantitative estimate of drug-likeness (QED) is 0.833. The third-order valence-corrected chi connectivity index (χ3v) is 2.62. The van der Waals surface area contributed by atoms with E-state index in [0.717, 1.165) is 5.56 Å². The first-order valence-electron chi connectivity index (χ1n) is 4.61. The number of carbonyl (C=O) groups is 1. The van der Waals surface area contributed by atoms with E-state index in [4.69, 9.17) is 0 Å². The van der Waals surface area contributed by atoms with Crippen LogP contribution in [0.15, 0.2) is 33.8 Å². The lowest BCUT2D eigenvalue weighted by Gasteiger charge is -2.01. The Morgan fingerprint density at radius 1 is 1.44 bits per heavy atom. The standard InChI is InChI=1S/C10H9N3O2S/c14-9-2-1-8(12-13-9)11-10(15)5-7-3-4-16-6-7/h1-4,6H,5H2,(H,13,14)(H,11,12,15). The molecule has 2 aromatic rings. The van der Waals surface area contributed by atoms with Crippen molar-refractivity contribution in [3.63, 3.8) is 0 Å². The highest BCUT2D eigenvalue weighted by Crippen LogP contribution is 2.07. The van der Waals surface area contributed by atoms with Gasteiger partial charge in [0.05, 0.1) is 6.42 Å². The van der Waals surface area contributed by atoms with E-state index in [0.29, 0.717) is 12.2 Å². The lowest BCUT2D eigenvalue weighted by molar-refractivity contribution is -0.115. The van der Waals surface area contributed by atoms with Gasteiger partial charge in [0.25, 0.3) is 5.56 Å². The van der Waals surface area contributed by atoms with Crippen LogP contribution in [0.1, 0.15) is 5.56 Å². The molecular formula is C10H9N3O2S. The molecule has 2 heterocycles. The molecular weight excluding hydrogens is 226 g/mol. The molecule has 0 bridgehead atoms. The van der Waals surface area contributed by atoms with Gasteiger partial charge in [-0.2, -0.15) is 16.4 Å². The predicted octanol–water partition coefficient (Wildman–Crippen LogP) is 1.01. The van der Waals surface area contributed by atoms with E-state index in [9.17, 15) is 9.59 Å². The number of aromatic nitrogens is 2. The fraction of sp³-hybridized carbons (Fsp3) is 0.100. The largest absolute Gasteiger partial charge is 0.309 e. The minimum Gasteiger partial charge on any atom is -0.309 e. The first-order valence-corrected chi connectivity index (χ1v) is 5.55. The van der Waals surface area contributed by atoms with Gasteiger partial charge in [0.1, 0.15) is 0 Å². The van der Waals surface area contributed by atoms with E-state index < -0.39 is 0 Å². The zero-order valence-corrected chi connectivity index (χ0v) is 9.08. The average Bonchev–Trinajstić information content (AvgIpc) is 2.74. The Hall–Kier alpha value is -1.95. The average molecular weight is 235 g/mol. The van der Waals surface area contributed by atoms with Crippen LogP contribution in [0.3, 0.4) is 0 Å². The van der Waals surface area contributed by atoms with Crippen LogP contribution >= 0.6 is 11.3 Å². The van der Waals surface area contributed by atoms with E-state index in [1.54, 1.807) is 11.3 Å². The molecule has 0 aliphatic heterocycles. The van der Waals surface area contributed by atoms with Gasteiger partial charge < -0.3 is 5.32 Å². The molecule has 0 fully saturated rings. The van der Waals surface area contributed by atoms with Gasteiger partial charge in [0.15, 0.2) is 5.82 Å². The number of rotatable bonds is 3.